The molecule has 312 valence electrons. The van der Waals surface area contributed by atoms with Crippen LogP contribution in [0.1, 0.15) is 25.0 Å². The predicted octanol–water partition coefficient (Wildman–Crippen LogP) is 17.5. The van der Waals surface area contributed by atoms with Gasteiger partial charge in [0.1, 0.15) is 11.2 Å². The van der Waals surface area contributed by atoms with Crippen LogP contribution in [0.15, 0.2) is 235 Å². The smallest absolute Gasteiger partial charge is 0.138 e. The molecule has 0 atom stereocenters. The standard InChI is InChI=1S/C63H44N2O/c1-63(2)54-24-14-12-22-50(54)51-36-35-49(39-55(51)63)64(46-20-10-5-11-21-46)47-31-28-43(29-32-47)45-30-37-56-53(38-45)61-57(65(56)48-33-26-42(27-34-48)41-16-6-3-7-17-41)40-59-62(52-23-13-15-25-58(52)66-59)60(61)44-18-8-4-9-19-44/h3-40H,1-2H3. The third-order valence-electron chi connectivity index (χ3n) is 14.0. The topological polar surface area (TPSA) is 21.3 Å². The Bertz CT molecular complexity index is 3810. The highest BCUT2D eigenvalue weighted by molar-refractivity contribution is 6.27. The fourth-order valence-electron chi connectivity index (χ4n) is 10.8. The molecular formula is C63H44N2O. The Hall–Kier alpha value is -8.40. The summed E-state index contributed by atoms with van der Waals surface area (Å²) in [5.74, 6) is 0. The van der Waals surface area contributed by atoms with Gasteiger partial charge in [0.15, 0.2) is 0 Å². The van der Waals surface area contributed by atoms with E-state index in [1.807, 2.05) is 0 Å². The lowest BCUT2D eigenvalue weighted by molar-refractivity contribution is 0.660. The molecule has 66 heavy (non-hydrogen) atoms. The van der Waals surface area contributed by atoms with Gasteiger partial charge in [-0.15, -0.1) is 0 Å². The molecule has 0 bridgehead atoms. The van der Waals surface area contributed by atoms with Crippen LogP contribution in [-0.4, -0.2) is 4.57 Å². The normalized spacial score (nSPS) is 12.8. The van der Waals surface area contributed by atoms with Crippen molar-refractivity contribution in [3.63, 3.8) is 0 Å². The van der Waals surface area contributed by atoms with Gasteiger partial charge in [0.25, 0.3) is 0 Å². The van der Waals surface area contributed by atoms with Crippen molar-refractivity contribution in [2.24, 2.45) is 0 Å². The van der Waals surface area contributed by atoms with Crippen LogP contribution >= 0.6 is 0 Å². The van der Waals surface area contributed by atoms with Crippen molar-refractivity contribution in [1.82, 2.24) is 4.57 Å². The zero-order valence-electron chi connectivity index (χ0n) is 36.7. The number of hydrogen-bond acceptors (Lipinski definition) is 2. The zero-order chi connectivity index (χ0) is 43.9. The van der Waals surface area contributed by atoms with Gasteiger partial charge in [-0.2, -0.15) is 0 Å². The van der Waals surface area contributed by atoms with Crippen molar-refractivity contribution in [2.45, 2.75) is 19.3 Å². The zero-order valence-corrected chi connectivity index (χ0v) is 36.7. The molecule has 0 N–H and O–H groups in total. The van der Waals surface area contributed by atoms with Crippen molar-refractivity contribution in [3.8, 4) is 50.2 Å². The van der Waals surface area contributed by atoms with Crippen LogP contribution in [0.2, 0.25) is 0 Å². The average molecular weight is 845 g/mol. The molecule has 0 amide bonds. The Morgan fingerprint density at radius 3 is 1.73 bits per heavy atom. The van der Waals surface area contributed by atoms with E-state index in [0.29, 0.717) is 0 Å². The maximum Gasteiger partial charge on any atom is 0.138 e. The van der Waals surface area contributed by atoms with Gasteiger partial charge in [-0.05, 0) is 117 Å². The van der Waals surface area contributed by atoms with Crippen LogP contribution in [0, 0.1) is 0 Å². The van der Waals surface area contributed by atoms with E-state index in [1.165, 1.54) is 49.7 Å². The van der Waals surface area contributed by atoms with Gasteiger partial charge in [-0.3, -0.25) is 0 Å². The highest BCUT2D eigenvalue weighted by Crippen LogP contribution is 2.51. The van der Waals surface area contributed by atoms with E-state index in [0.717, 1.165) is 72.4 Å². The van der Waals surface area contributed by atoms with Crippen molar-refractivity contribution in [1.29, 1.82) is 0 Å². The molecule has 2 heterocycles. The van der Waals surface area contributed by atoms with E-state index in [-0.39, 0.29) is 5.41 Å². The summed E-state index contributed by atoms with van der Waals surface area (Å²) in [6, 6.07) is 83.7. The summed E-state index contributed by atoms with van der Waals surface area (Å²) < 4.78 is 9.12. The Kier molecular flexibility index (Phi) is 8.56. The molecule has 0 fully saturated rings. The first kappa shape index (κ1) is 38.1. The lowest BCUT2D eigenvalue weighted by Crippen LogP contribution is -2.16. The minimum absolute atomic E-state index is 0.0988. The van der Waals surface area contributed by atoms with Crippen molar-refractivity contribution >= 4 is 60.8 Å². The maximum atomic E-state index is 6.70. The third-order valence-corrected chi connectivity index (χ3v) is 14.0. The molecule has 2 aromatic heterocycles. The number of para-hydroxylation sites is 2. The van der Waals surface area contributed by atoms with E-state index in [4.69, 9.17) is 4.42 Å². The van der Waals surface area contributed by atoms with Gasteiger partial charge in [0.05, 0.1) is 11.0 Å². The average Bonchev–Trinajstić information content (AvgIpc) is 3.99. The van der Waals surface area contributed by atoms with Crippen molar-refractivity contribution in [3.05, 3.63) is 242 Å². The second kappa shape index (κ2) is 14.8. The van der Waals surface area contributed by atoms with Gasteiger partial charge in [-0.25, -0.2) is 0 Å². The molecule has 0 spiro atoms. The molecule has 3 nitrogen and oxygen atoms in total. The lowest BCUT2D eigenvalue weighted by Gasteiger charge is -2.28. The molecule has 0 saturated carbocycles. The predicted molar refractivity (Wildman–Crippen MR) is 277 cm³/mol. The fraction of sp³-hybridized carbons (Fsp3) is 0.0476. The van der Waals surface area contributed by atoms with Gasteiger partial charge in [0, 0.05) is 61.3 Å². The van der Waals surface area contributed by atoms with E-state index in [1.54, 1.807) is 0 Å². The summed E-state index contributed by atoms with van der Waals surface area (Å²) in [5, 5.41) is 4.65. The number of benzene rings is 10. The van der Waals surface area contributed by atoms with Crippen LogP contribution < -0.4 is 4.90 Å². The van der Waals surface area contributed by atoms with Gasteiger partial charge in [-0.1, -0.05) is 172 Å². The number of furan rings is 1. The molecule has 3 heteroatoms. The summed E-state index contributed by atoms with van der Waals surface area (Å²) >= 11 is 0. The molecule has 1 aliphatic rings. The van der Waals surface area contributed by atoms with E-state index in [2.05, 4.69) is 254 Å². The molecule has 0 radical (unpaired) electrons. The Morgan fingerprint density at radius 1 is 0.379 bits per heavy atom. The summed E-state index contributed by atoms with van der Waals surface area (Å²) in [7, 11) is 0. The van der Waals surface area contributed by atoms with Crippen LogP contribution in [0.25, 0.3) is 93.9 Å². The van der Waals surface area contributed by atoms with E-state index >= 15 is 0 Å². The molecule has 13 rings (SSSR count). The first-order valence-corrected chi connectivity index (χ1v) is 22.8. The molecule has 0 saturated heterocycles. The highest BCUT2D eigenvalue weighted by Gasteiger charge is 2.36. The molecule has 0 unspecified atom stereocenters. The lowest BCUT2D eigenvalue weighted by atomic mass is 9.82. The molecular weight excluding hydrogens is 801 g/mol. The number of fused-ring (bicyclic) bond motifs is 9. The Labute approximate surface area is 384 Å². The quantitative estimate of drug-likeness (QED) is 0.159. The van der Waals surface area contributed by atoms with Crippen molar-refractivity contribution in [2.75, 3.05) is 4.90 Å². The minimum atomic E-state index is -0.0988. The molecule has 12 aromatic rings. The number of hydrogen-bond donors (Lipinski definition) is 0. The highest BCUT2D eigenvalue weighted by atomic mass is 16.3. The van der Waals surface area contributed by atoms with Crippen LogP contribution in [-0.2, 0) is 5.41 Å². The Balaban J connectivity index is 0.988. The van der Waals surface area contributed by atoms with E-state index in [9.17, 15) is 0 Å². The SMILES string of the molecule is CC1(C)c2ccccc2-c2ccc(N(c3ccccc3)c3ccc(-c4ccc5c(c4)c4c(-c6ccccc6)c6c(cc4n5-c4ccc(-c5ccccc5)cc4)oc4ccccc46)cc3)cc21. The van der Waals surface area contributed by atoms with Crippen LogP contribution in [0.3, 0.4) is 0 Å². The monoisotopic (exact) mass is 844 g/mol. The number of anilines is 3. The van der Waals surface area contributed by atoms with Gasteiger partial charge >= 0.3 is 0 Å². The largest absolute Gasteiger partial charge is 0.456 e. The summed E-state index contributed by atoms with van der Waals surface area (Å²) in [5.41, 5.74) is 20.8. The molecule has 1 aliphatic carbocycles. The van der Waals surface area contributed by atoms with Crippen LogP contribution in [0.5, 0.6) is 0 Å². The number of aromatic nitrogens is 1. The van der Waals surface area contributed by atoms with Gasteiger partial charge < -0.3 is 13.9 Å². The first-order chi connectivity index (χ1) is 32.5. The van der Waals surface area contributed by atoms with E-state index < -0.39 is 0 Å². The van der Waals surface area contributed by atoms with Gasteiger partial charge in [0.2, 0.25) is 0 Å². The first-order valence-electron chi connectivity index (χ1n) is 22.8. The fourth-order valence-corrected chi connectivity index (χ4v) is 10.8. The number of rotatable bonds is 7. The second-order valence-electron chi connectivity index (χ2n) is 18.1. The number of nitrogens with zero attached hydrogens (tertiary/aromatic N) is 2. The maximum absolute atomic E-state index is 6.70. The molecule has 0 aliphatic heterocycles. The van der Waals surface area contributed by atoms with Crippen LogP contribution in [0.4, 0.5) is 17.1 Å². The third kappa shape index (κ3) is 5.90. The Morgan fingerprint density at radius 2 is 0.955 bits per heavy atom. The molecule has 10 aromatic carbocycles. The summed E-state index contributed by atoms with van der Waals surface area (Å²) in [6.07, 6.45) is 0. The summed E-state index contributed by atoms with van der Waals surface area (Å²) in [6.45, 7) is 4.70. The summed E-state index contributed by atoms with van der Waals surface area (Å²) in [4.78, 5) is 2.38. The van der Waals surface area contributed by atoms with Crippen molar-refractivity contribution < 1.29 is 4.42 Å². The second-order valence-corrected chi connectivity index (χ2v) is 18.1. The minimum Gasteiger partial charge on any atom is -0.456 e.